The first-order valence-corrected chi connectivity index (χ1v) is 9.39. The third kappa shape index (κ3) is 5.71. The van der Waals surface area contributed by atoms with Gasteiger partial charge in [0.2, 0.25) is 5.78 Å². The highest BCUT2D eigenvalue weighted by molar-refractivity contribution is 6.31. The number of aryl methyl sites for hydroxylation is 1. The minimum Gasteiger partial charge on any atom is -0.457 e. The molecule has 0 saturated carbocycles. The van der Waals surface area contributed by atoms with Crippen LogP contribution in [0.1, 0.15) is 39.8 Å². The SMILES string of the molecule is C=CCn1c(C)cc(C(=O)COC(=O)C[C@H](NC(N)=O)c2ccccc2Cl)c1C. The van der Waals surface area contributed by atoms with Gasteiger partial charge < -0.3 is 20.4 Å². The summed E-state index contributed by atoms with van der Waals surface area (Å²) in [6, 6.07) is 6.97. The monoisotopic (exact) mass is 417 g/mol. The molecule has 0 fully saturated rings. The zero-order chi connectivity index (χ0) is 21.6. The molecule has 154 valence electrons. The predicted octanol–water partition coefficient (Wildman–Crippen LogP) is 3.47. The van der Waals surface area contributed by atoms with Gasteiger partial charge in [-0.1, -0.05) is 35.9 Å². The number of nitrogens with one attached hydrogen (secondary N) is 1. The van der Waals surface area contributed by atoms with Gasteiger partial charge in [0.25, 0.3) is 0 Å². The van der Waals surface area contributed by atoms with Crippen LogP contribution >= 0.6 is 11.6 Å². The maximum Gasteiger partial charge on any atom is 0.312 e. The average Bonchev–Trinajstić information content (AvgIpc) is 2.94. The number of rotatable bonds is 9. The minimum atomic E-state index is -0.798. The second-order valence-electron chi connectivity index (χ2n) is 6.55. The second-order valence-corrected chi connectivity index (χ2v) is 6.96. The number of ether oxygens (including phenoxy) is 1. The Hall–Kier alpha value is -3.06. The molecule has 1 aromatic carbocycles. The van der Waals surface area contributed by atoms with Crippen LogP contribution in [-0.4, -0.2) is 29.0 Å². The fraction of sp³-hybridized carbons (Fsp3) is 0.286. The summed E-state index contributed by atoms with van der Waals surface area (Å²) in [5, 5.41) is 2.86. The first-order valence-electron chi connectivity index (χ1n) is 9.01. The number of urea groups is 1. The molecule has 29 heavy (non-hydrogen) atoms. The van der Waals surface area contributed by atoms with Crippen LogP contribution in [-0.2, 0) is 16.1 Å². The first-order chi connectivity index (χ1) is 13.7. The van der Waals surface area contributed by atoms with Crippen molar-refractivity contribution in [1.82, 2.24) is 9.88 Å². The molecule has 1 aromatic heterocycles. The van der Waals surface area contributed by atoms with Gasteiger partial charge in [0.05, 0.1) is 12.5 Å². The predicted molar refractivity (Wildman–Crippen MR) is 111 cm³/mol. The molecule has 3 N–H and O–H groups in total. The Morgan fingerprint density at radius 1 is 1.31 bits per heavy atom. The molecule has 0 aliphatic heterocycles. The molecule has 1 heterocycles. The summed E-state index contributed by atoms with van der Waals surface area (Å²) in [7, 11) is 0. The van der Waals surface area contributed by atoms with Gasteiger partial charge in [-0.3, -0.25) is 9.59 Å². The van der Waals surface area contributed by atoms with E-state index in [-0.39, 0.29) is 12.2 Å². The van der Waals surface area contributed by atoms with E-state index < -0.39 is 24.6 Å². The number of esters is 1. The lowest BCUT2D eigenvalue weighted by atomic mass is 10.0. The van der Waals surface area contributed by atoms with Crippen molar-refractivity contribution in [3.8, 4) is 0 Å². The number of amides is 2. The van der Waals surface area contributed by atoms with Crippen molar-refractivity contribution in [3.63, 3.8) is 0 Å². The lowest BCUT2D eigenvalue weighted by Crippen LogP contribution is -2.35. The number of aromatic nitrogens is 1. The Labute approximate surface area is 174 Å². The van der Waals surface area contributed by atoms with Crippen molar-refractivity contribution in [1.29, 1.82) is 0 Å². The van der Waals surface area contributed by atoms with Gasteiger partial charge in [0.1, 0.15) is 0 Å². The number of carbonyl (C=O) groups is 3. The van der Waals surface area contributed by atoms with Crippen LogP contribution in [0.3, 0.4) is 0 Å². The number of nitrogens with zero attached hydrogens (tertiary/aromatic N) is 1. The fourth-order valence-corrected chi connectivity index (χ4v) is 3.38. The van der Waals surface area contributed by atoms with Gasteiger partial charge in [-0.2, -0.15) is 0 Å². The minimum absolute atomic E-state index is 0.213. The van der Waals surface area contributed by atoms with Gasteiger partial charge in [0, 0.05) is 28.5 Å². The molecule has 7 nitrogen and oxygen atoms in total. The summed E-state index contributed by atoms with van der Waals surface area (Å²) in [6.07, 6.45) is 1.53. The number of ketones is 1. The maximum atomic E-state index is 12.5. The van der Waals surface area contributed by atoms with E-state index in [0.717, 1.165) is 11.4 Å². The van der Waals surface area contributed by atoms with Crippen LogP contribution in [0, 0.1) is 13.8 Å². The molecule has 2 amide bonds. The average molecular weight is 418 g/mol. The lowest BCUT2D eigenvalue weighted by molar-refractivity contribution is -0.143. The molecular formula is C21H24ClN3O4. The highest BCUT2D eigenvalue weighted by Crippen LogP contribution is 2.25. The number of nitrogens with two attached hydrogens (primary N) is 1. The molecular weight excluding hydrogens is 394 g/mol. The quantitative estimate of drug-likeness (QED) is 0.370. The maximum absolute atomic E-state index is 12.5. The van der Waals surface area contributed by atoms with E-state index in [0.29, 0.717) is 22.7 Å². The smallest absolute Gasteiger partial charge is 0.312 e. The van der Waals surface area contributed by atoms with Crippen molar-refractivity contribution < 1.29 is 19.1 Å². The number of allylic oxidation sites excluding steroid dienone is 1. The summed E-state index contributed by atoms with van der Waals surface area (Å²) < 4.78 is 7.09. The van der Waals surface area contributed by atoms with Crippen LogP contribution in [0.15, 0.2) is 43.0 Å². The molecule has 0 spiro atoms. The molecule has 0 aliphatic carbocycles. The van der Waals surface area contributed by atoms with Gasteiger partial charge in [-0.15, -0.1) is 6.58 Å². The molecule has 0 radical (unpaired) electrons. The van der Waals surface area contributed by atoms with Gasteiger partial charge in [0.15, 0.2) is 6.61 Å². The summed E-state index contributed by atoms with van der Waals surface area (Å²) in [4.78, 5) is 36.1. The van der Waals surface area contributed by atoms with Crippen molar-refractivity contribution >= 4 is 29.4 Å². The number of carbonyl (C=O) groups excluding carboxylic acids is 3. The number of hydrogen-bond acceptors (Lipinski definition) is 4. The van der Waals surface area contributed by atoms with E-state index in [1.54, 1.807) is 36.4 Å². The third-order valence-electron chi connectivity index (χ3n) is 4.52. The van der Waals surface area contributed by atoms with E-state index in [2.05, 4.69) is 11.9 Å². The number of primary amides is 1. The van der Waals surface area contributed by atoms with E-state index in [1.165, 1.54) is 0 Å². The van der Waals surface area contributed by atoms with Crippen LogP contribution in [0.25, 0.3) is 0 Å². The largest absolute Gasteiger partial charge is 0.457 e. The van der Waals surface area contributed by atoms with E-state index in [4.69, 9.17) is 22.1 Å². The van der Waals surface area contributed by atoms with Crippen molar-refractivity contribution in [2.24, 2.45) is 5.73 Å². The summed E-state index contributed by atoms with van der Waals surface area (Å²) in [6.45, 7) is 7.62. The number of Topliss-reactive ketones (excluding diaryl/α,β-unsaturated/α-hetero) is 1. The summed E-state index contributed by atoms with van der Waals surface area (Å²) in [5.41, 5.74) is 7.93. The molecule has 2 aromatic rings. The standard InChI is InChI=1S/C21H24ClN3O4/c1-4-9-25-13(2)10-16(14(25)3)19(26)12-29-20(27)11-18(24-21(23)28)15-7-5-6-8-17(15)22/h4-8,10,18H,1,9,11-12H2,2-3H3,(H3,23,24,28)/t18-/m0/s1. The molecule has 0 bridgehead atoms. The Bertz CT molecular complexity index is 936. The Morgan fingerprint density at radius 2 is 2.00 bits per heavy atom. The Balaban J connectivity index is 2.05. The van der Waals surface area contributed by atoms with Crippen LogP contribution in [0.2, 0.25) is 5.02 Å². The van der Waals surface area contributed by atoms with Gasteiger partial charge >= 0.3 is 12.0 Å². The van der Waals surface area contributed by atoms with Gasteiger partial charge in [-0.05, 0) is 31.5 Å². The third-order valence-corrected chi connectivity index (χ3v) is 4.86. The lowest BCUT2D eigenvalue weighted by Gasteiger charge is -2.18. The van der Waals surface area contributed by atoms with E-state index in [9.17, 15) is 14.4 Å². The fourth-order valence-electron chi connectivity index (χ4n) is 3.11. The molecule has 0 unspecified atom stereocenters. The van der Waals surface area contributed by atoms with Gasteiger partial charge in [-0.25, -0.2) is 4.79 Å². The Morgan fingerprint density at radius 3 is 2.62 bits per heavy atom. The van der Waals surface area contributed by atoms with Crippen molar-refractivity contribution in [2.75, 3.05) is 6.61 Å². The zero-order valence-corrected chi connectivity index (χ0v) is 17.2. The topological polar surface area (TPSA) is 103 Å². The normalized spacial score (nSPS) is 11.6. The highest BCUT2D eigenvalue weighted by Gasteiger charge is 2.22. The highest BCUT2D eigenvalue weighted by atomic mass is 35.5. The number of benzene rings is 1. The van der Waals surface area contributed by atoms with Crippen LogP contribution in [0.4, 0.5) is 4.79 Å². The number of halogens is 1. The van der Waals surface area contributed by atoms with Crippen molar-refractivity contribution in [2.45, 2.75) is 32.9 Å². The molecule has 0 aliphatic rings. The molecule has 1 atom stereocenters. The van der Waals surface area contributed by atoms with Crippen LogP contribution < -0.4 is 11.1 Å². The summed E-state index contributed by atoms with van der Waals surface area (Å²) in [5.74, 6) is -0.962. The Kier molecular flexibility index (Phi) is 7.61. The van der Waals surface area contributed by atoms with Crippen molar-refractivity contribution in [3.05, 3.63) is 70.5 Å². The molecule has 8 heteroatoms. The molecule has 0 saturated heterocycles. The first kappa shape index (κ1) is 22.2. The van der Waals surface area contributed by atoms with E-state index in [1.807, 2.05) is 18.4 Å². The number of hydrogen-bond donors (Lipinski definition) is 2. The second kappa shape index (κ2) is 9.93. The molecule has 2 rings (SSSR count). The summed E-state index contributed by atoms with van der Waals surface area (Å²) >= 11 is 6.15. The van der Waals surface area contributed by atoms with Crippen LogP contribution in [0.5, 0.6) is 0 Å². The zero-order valence-electron chi connectivity index (χ0n) is 16.4. The van der Waals surface area contributed by atoms with E-state index >= 15 is 0 Å².